The SMILES string of the molecule is Cc1c(C(C)C)c2cc(C(=O)O)ccc2n1CCN. The number of carboxylic acids is 1. The molecule has 0 aliphatic carbocycles. The second-order valence-corrected chi connectivity index (χ2v) is 5.13. The zero-order chi connectivity index (χ0) is 14.2. The molecular weight excluding hydrogens is 240 g/mol. The molecule has 0 amide bonds. The lowest BCUT2D eigenvalue weighted by Crippen LogP contribution is -2.11. The first-order valence-corrected chi connectivity index (χ1v) is 6.53. The summed E-state index contributed by atoms with van der Waals surface area (Å²) in [6.45, 7) is 7.65. The molecule has 0 bridgehead atoms. The third-order valence-electron chi connectivity index (χ3n) is 3.55. The predicted molar refractivity (Wildman–Crippen MR) is 76.8 cm³/mol. The van der Waals surface area contributed by atoms with Crippen molar-refractivity contribution in [1.29, 1.82) is 0 Å². The molecule has 1 aromatic heterocycles. The Hall–Kier alpha value is -1.81. The maximum atomic E-state index is 11.1. The highest BCUT2D eigenvalue weighted by Gasteiger charge is 2.17. The van der Waals surface area contributed by atoms with Crippen molar-refractivity contribution in [2.75, 3.05) is 6.54 Å². The third kappa shape index (κ3) is 2.24. The monoisotopic (exact) mass is 260 g/mol. The topological polar surface area (TPSA) is 68.2 Å². The van der Waals surface area contributed by atoms with Crippen molar-refractivity contribution < 1.29 is 9.90 Å². The molecule has 0 atom stereocenters. The Morgan fingerprint density at radius 1 is 1.42 bits per heavy atom. The molecule has 2 aromatic rings. The number of rotatable bonds is 4. The lowest BCUT2D eigenvalue weighted by atomic mass is 9.99. The van der Waals surface area contributed by atoms with Crippen LogP contribution in [0, 0.1) is 6.92 Å². The highest BCUT2D eigenvalue weighted by molar-refractivity contribution is 5.95. The number of hydrogen-bond donors (Lipinski definition) is 2. The molecule has 0 aliphatic heterocycles. The zero-order valence-electron chi connectivity index (χ0n) is 11.6. The van der Waals surface area contributed by atoms with E-state index < -0.39 is 5.97 Å². The third-order valence-corrected chi connectivity index (χ3v) is 3.55. The van der Waals surface area contributed by atoms with Crippen LogP contribution in [0.25, 0.3) is 10.9 Å². The van der Waals surface area contributed by atoms with Crippen LogP contribution in [0.15, 0.2) is 18.2 Å². The highest BCUT2D eigenvalue weighted by Crippen LogP contribution is 2.32. The van der Waals surface area contributed by atoms with Gasteiger partial charge in [0.1, 0.15) is 0 Å². The minimum absolute atomic E-state index is 0.333. The largest absolute Gasteiger partial charge is 0.478 e. The number of carboxylic acid groups (broad SMARTS) is 1. The van der Waals surface area contributed by atoms with Crippen molar-refractivity contribution in [1.82, 2.24) is 4.57 Å². The molecule has 1 aromatic carbocycles. The summed E-state index contributed by atoms with van der Waals surface area (Å²) in [7, 11) is 0. The second-order valence-electron chi connectivity index (χ2n) is 5.13. The van der Waals surface area contributed by atoms with E-state index in [1.54, 1.807) is 12.1 Å². The van der Waals surface area contributed by atoms with Crippen LogP contribution in [0.3, 0.4) is 0 Å². The minimum Gasteiger partial charge on any atom is -0.478 e. The summed E-state index contributed by atoms with van der Waals surface area (Å²) in [6, 6.07) is 5.31. The van der Waals surface area contributed by atoms with Crippen molar-refractivity contribution >= 4 is 16.9 Å². The summed E-state index contributed by atoms with van der Waals surface area (Å²) in [5, 5.41) is 10.2. The van der Waals surface area contributed by atoms with Gasteiger partial charge >= 0.3 is 5.97 Å². The van der Waals surface area contributed by atoms with Crippen molar-refractivity contribution in [3.63, 3.8) is 0 Å². The summed E-state index contributed by atoms with van der Waals surface area (Å²) in [6.07, 6.45) is 0. The lowest BCUT2D eigenvalue weighted by Gasteiger charge is -2.08. The van der Waals surface area contributed by atoms with Gasteiger partial charge < -0.3 is 15.4 Å². The Morgan fingerprint density at radius 3 is 2.63 bits per heavy atom. The van der Waals surface area contributed by atoms with Crippen LogP contribution in [0.1, 0.15) is 41.4 Å². The maximum Gasteiger partial charge on any atom is 0.335 e. The summed E-state index contributed by atoms with van der Waals surface area (Å²) in [5.41, 5.74) is 9.46. The average Bonchev–Trinajstić information content (AvgIpc) is 2.62. The highest BCUT2D eigenvalue weighted by atomic mass is 16.4. The first kappa shape index (κ1) is 13.6. The van der Waals surface area contributed by atoms with E-state index in [4.69, 9.17) is 10.8 Å². The normalized spacial score (nSPS) is 11.4. The fraction of sp³-hybridized carbons (Fsp3) is 0.400. The van der Waals surface area contributed by atoms with Gasteiger partial charge in [-0.2, -0.15) is 0 Å². The van der Waals surface area contributed by atoms with E-state index in [-0.39, 0.29) is 0 Å². The van der Waals surface area contributed by atoms with Crippen molar-refractivity contribution in [2.24, 2.45) is 5.73 Å². The van der Waals surface area contributed by atoms with E-state index >= 15 is 0 Å². The molecule has 4 nitrogen and oxygen atoms in total. The molecular formula is C15H20N2O2. The summed E-state index contributed by atoms with van der Waals surface area (Å²) >= 11 is 0. The minimum atomic E-state index is -0.888. The number of hydrogen-bond acceptors (Lipinski definition) is 2. The molecule has 0 saturated heterocycles. The Labute approximate surface area is 112 Å². The van der Waals surface area contributed by atoms with Crippen LogP contribution in [0.2, 0.25) is 0 Å². The fourth-order valence-corrected chi connectivity index (χ4v) is 2.79. The van der Waals surface area contributed by atoms with Gasteiger partial charge in [0.15, 0.2) is 0 Å². The number of carbonyl (C=O) groups is 1. The lowest BCUT2D eigenvalue weighted by molar-refractivity contribution is 0.0697. The maximum absolute atomic E-state index is 11.1. The number of benzene rings is 1. The Kier molecular flexibility index (Phi) is 3.62. The Balaban J connectivity index is 2.78. The smallest absolute Gasteiger partial charge is 0.335 e. The van der Waals surface area contributed by atoms with E-state index in [9.17, 15) is 4.79 Å². The van der Waals surface area contributed by atoms with Gasteiger partial charge in [0.05, 0.1) is 5.56 Å². The van der Waals surface area contributed by atoms with Gasteiger partial charge in [-0.05, 0) is 36.6 Å². The first-order chi connectivity index (χ1) is 8.97. The van der Waals surface area contributed by atoms with Gasteiger partial charge in [0, 0.05) is 29.7 Å². The predicted octanol–water partition coefficient (Wildman–Crippen LogP) is 2.73. The van der Waals surface area contributed by atoms with Crippen molar-refractivity contribution in [2.45, 2.75) is 33.2 Å². The summed E-state index contributed by atoms with van der Waals surface area (Å²) in [4.78, 5) is 11.1. The van der Waals surface area contributed by atoms with E-state index in [0.717, 1.165) is 17.4 Å². The van der Waals surface area contributed by atoms with E-state index in [1.165, 1.54) is 11.3 Å². The zero-order valence-corrected chi connectivity index (χ0v) is 11.6. The molecule has 0 unspecified atom stereocenters. The van der Waals surface area contributed by atoms with Crippen LogP contribution in [-0.4, -0.2) is 22.2 Å². The quantitative estimate of drug-likeness (QED) is 0.888. The second kappa shape index (κ2) is 5.05. The van der Waals surface area contributed by atoms with Gasteiger partial charge in [-0.3, -0.25) is 0 Å². The molecule has 4 heteroatoms. The molecule has 0 spiro atoms. The van der Waals surface area contributed by atoms with Gasteiger partial charge in [-0.15, -0.1) is 0 Å². The average molecular weight is 260 g/mol. The summed E-state index contributed by atoms with van der Waals surface area (Å²) in [5.74, 6) is -0.536. The molecule has 19 heavy (non-hydrogen) atoms. The van der Waals surface area contributed by atoms with Crippen LogP contribution in [0.4, 0.5) is 0 Å². The van der Waals surface area contributed by atoms with Crippen LogP contribution < -0.4 is 5.73 Å². The van der Waals surface area contributed by atoms with E-state index in [1.807, 2.05) is 6.07 Å². The molecule has 3 N–H and O–H groups in total. The van der Waals surface area contributed by atoms with Gasteiger partial charge in [0.25, 0.3) is 0 Å². The number of nitrogens with two attached hydrogens (primary N) is 1. The van der Waals surface area contributed by atoms with Crippen LogP contribution in [0.5, 0.6) is 0 Å². The van der Waals surface area contributed by atoms with Crippen LogP contribution >= 0.6 is 0 Å². The molecule has 2 rings (SSSR count). The molecule has 0 fully saturated rings. The number of aromatic carboxylic acids is 1. The van der Waals surface area contributed by atoms with Crippen LogP contribution in [-0.2, 0) is 6.54 Å². The standard InChI is InChI=1S/C15H20N2O2/c1-9(2)14-10(3)17(7-6-16)13-5-4-11(15(18)19)8-12(13)14/h4-5,8-9H,6-7,16H2,1-3H3,(H,18,19). The van der Waals surface area contributed by atoms with Gasteiger partial charge in [-0.1, -0.05) is 13.8 Å². The molecule has 0 saturated carbocycles. The first-order valence-electron chi connectivity index (χ1n) is 6.53. The Morgan fingerprint density at radius 2 is 2.11 bits per heavy atom. The molecule has 1 heterocycles. The Bertz CT molecular complexity index is 627. The van der Waals surface area contributed by atoms with E-state index in [2.05, 4.69) is 25.3 Å². The number of fused-ring (bicyclic) bond motifs is 1. The molecule has 0 aliphatic rings. The number of nitrogens with zero attached hydrogens (tertiary/aromatic N) is 1. The van der Waals surface area contributed by atoms with Crippen molar-refractivity contribution in [3.05, 3.63) is 35.0 Å². The van der Waals surface area contributed by atoms with Gasteiger partial charge in [0.2, 0.25) is 0 Å². The number of aromatic nitrogens is 1. The van der Waals surface area contributed by atoms with Gasteiger partial charge in [-0.25, -0.2) is 4.79 Å². The van der Waals surface area contributed by atoms with E-state index in [0.29, 0.717) is 18.0 Å². The molecule has 0 radical (unpaired) electrons. The summed E-state index contributed by atoms with van der Waals surface area (Å²) < 4.78 is 2.18. The van der Waals surface area contributed by atoms with Crippen molar-refractivity contribution in [3.8, 4) is 0 Å². The molecule has 102 valence electrons. The fourth-order valence-electron chi connectivity index (χ4n) is 2.79.